The topological polar surface area (TPSA) is 53.7 Å². The van der Waals surface area contributed by atoms with E-state index >= 15 is 0 Å². The van der Waals surface area contributed by atoms with Crippen molar-refractivity contribution in [1.82, 2.24) is 14.5 Å². The number of aliphatic hydroxyl groups excluding tert-OH is 1. The molecule has 4 rings (SSSR count). The molecule has 32 heavy (non-hydrogen) atoms. The van der Waals surface area contributed by atoms with Crippen LogP contribution < -0.4 is 0 Å². The van der Waals surface area contributed by atoms with E-state index in [-0.39, 0.29) is 31.4 Å². The molecule has 1 aromatic heterocycles. The van der Waals surface area contributed by atoms with Crippen LogP contribution in [0.2, 0.25) is 10.0 Å². The van der Waals surface area contributed by atoms with Gasteiger partial charge < -0.3 is 10.0 Å². The number of benzene rings is 2. The van der Waals surface area contributed by atoms with E-state index in [2.05, 4.69) is 9.47 Å². The highest BCUT2D eigenvalue weighted by Gasteiger charge is 2.24. The number of fused-ring (bicyclic) bond motifs is 3. The molecule has 3 aromatic rings. The van der Waals surface area contributed by atoms with Crippen molar-refractivity contribution in [2.24, 2.45) is 4.99 Å². The summed E-state index contributed by atoms with van der Waals surface area (Å²) in [6, 6.07) is 13.7. The van der Waals surface area contributed by atoms with E-state index in [0.29, 0.717) is 16.6 Å². The molecule has 0 aliphatic carbocycles. The lowest BCUT2D eigenvalue weighted by Crippen LogP contribution is -2.13. The third kappa shape index (κ3) is 6.04. The standard InChI is InChI=1S/C21H20Cl2N4.C2H6O.2ClH/c1-13-25-18(12-26(2)3)20-11-24-21(15-6-4-5-7-17(15)23)16-10-14(22)8-9-19(16)27(13)20;1-2-3;;/h4-10H,11-12H2,1-3H3;3H,2H2,1H3;2*1H. The smallest absolute Gasteiger partial charge is 0.110 e. The molecule has 0 atom stereocenters. The fourth-order valence-electron chi connectivity index (χ4n) is 3.56. The molecule has 0 fully saturated rings. The maximum atomic E-state index is 7.57. The first-order valence-electron chi connectivity index (χ1n) is 9.79. The summed E-state index contributed by atoms with van der Waals surface area (Å²) in [5.74, 6) is 0.945. The molecular weight excluding hydrogens is 490 g/mol. The van der Waals surface area contributed by atoms with Crippen LogP contribution in [0, 0.1) is 6.92 Å². The Morgan fingerprint density at radius 1 is 1.06 bits per heavy atom. The molecule has 1 aliphatic heterocycles. The largest absolute Gasteiger partial charge is 0.397 e. The quantitative estimate of drug-likeness (QED) is 0.481. The molecule has 174 valence electrons. The van der Waals surface area contributed by atoms with Gasteiger partial charge in [0.25, 0.3) is 0 Å². The Balaban J connectivity index is 0.000000971. The summed E-state index contributed by atoms with van der Waals surface area (Å²) >= 11 is 12.8. The molecule has 9 heteroatoms. The molecule has 0 amide bonds. The minimum absolute atomic E-state index is 0. The van der Waals surface area contributed by atoms with Gasteiger partial charge in [0, 0.05) is 34.3 Å². The van der Waals surface area contributed by atoms with Gasteiger partial charge in [-0.05, 0) is 52.2 Å². The van der Waals surface area contributed by atoms with Crippen LogP contribution in [0.15, 0.2) is 47.5 Å². The van der Waals surface area contributed by atoms with Crippen molar-refractivity contribution in [2.75, 3.05) is 20.7 Å². The van der Waals surface area contributed by atoms with Gasteiger partial charge in [-0.3, -0.25) is 9.56 Å². The maximum Gasteiger partial charge on any atom is 0.110 e. The number of hydrogen-bond donors (Lipinski definition) is 1. The van der Waals surface area contributed by atoms with Crippen LogP contribution in [-0.4, -0.2) is 46.0 Å². The summed E-state index contributed by atoms with van der Waals surface area (Å²) in [4.78, 5) is 11.9. The Morgan fingerprint density at radius 3 is 2.34 bits per heavy atom. The first-order chi connectivity index (χ1) is 14.4. The molecule has 2 heterocycles. The Hall–Kier alpha value is -1.60. The first-order valence-corrected chi connectivity index (χ1v) is 10.5. The molecule has 0 saturated heterocycles. The van der Waals surface area contributed by atoms with Gasteiger partial charge in [0.05, 0.1) is 29.3 Å². The summed E-state index contributed by atoms with van der Waals surface area (Å²) in [6.07, 6.45) is 0. The van der Waals surface area contributed by atoms with Crippen molar-refractivity contribution in [3.05, 3.63) is 80.8 Å². The lowest BCUT2D eigenvalue weighted by molar-refractivity contribution is 0.318. The zero-order chi connectivity index (χ0) is 21.8. The van der Waals surface area contributed by atoms with Crippen molar-refractivity contribution < 1.29 is 5.11 Å². The molecule has 0 radical (unpaired) electrons. The van der Waals surface area contributed by atoms with Crippen LogP contribution >= 0.6 is 48.0 Å². The lowest BCUT2D eigenvalue weighted by atomic mass is 10.0. The number of aromatic nitrogens is 2. The van der Waals surface area contributed by atoms with Gasteiger partial charge in [0.15, 0.2) is 0 Å². The van der Waals surface area contributed by atoms with Crippen LogP contribution in [0.3, 0.4) is 0 Å². The fourth-order valence-corrected chi connectivity index (χ4v) is 3.95. The molecule has 0 bridgehead atoms. The molecular formula is C23H28Cl4N4O. The van der Waals surface area contributed by atoms with Crippen LogP contribution in [-0.2, 0) is 13.1 Å². The molecule has 2 aromatic carbocycles. The van der Waals surface area contributed by atoms with Gasteiger partial charge in [0.2, 0.25) is 0 Å². The van der Waals surface area contributed by atoms with Gasteiger partial charge in [-0.25, -0.2) is 4.98 Å². The summed E-state index contributed by atoms with van der Waals surface area (Å²) in [6.45, 7) is 5.27. The van der Waals surface area contributed by atoms with Crippen molar-refractivity contribution in [1.29, 1.82) is 0 Å². The van der Waals surface area contributed by atoms with Crippen LogP contribution in [0.4, 0.5) is 0 Å². The van der Waals surface area contributed by atoms with E-state index in [9.17, 15) is 0 Å². The summed E-state index contributed by atoms with van der Waals surface area (Å²) in [5.41, 5.74) is 5.91. The number of halogens is 4. The number of imidazole rings is 1. The van der Waals surface area contributed by atoms with E-state index in [1.54, 1.807) is 6.92 Å². The zero-order valence-corrected chi connectivity index (χ0v) is 21.6. The maximum absolute atomic E-state index is 7.57. The molecule has 0 saturated carbocycles. The van der Waals surface area contributed by atoms with Crippen LogP contribution in [0.25, 0.3) is 5.69 Å². The van der Waals surface area contributed by atoms with Crippen molar-refractivity contribution >= 4 is 53.7 Å². The summed E-state index contributed by atoms with van der Waals surface area (Å²) < 4.78 is 2.19. The SMILES string of the molecule is CCO.Cc1nc(CN(C)C)c2n1-c1ccc(Cl)cc1C(c1ccccc1Cl)=NC2.Cl.Cl. The molecule has 5 nitrogen and oxygen atoms in total. The third-order valence-corrected chi connectivity index (χ3v) is 5.22. The number of aliphatic hydroxyl groups is 1. The van der Waals surface area contributed by atoms with Crippen LogP contribution in [0.1, 0.15) is 35.3 Å². The molecule has 0 spiro atoms. The first kappa shape index (κ1) is 28.4. The Bertz CT molecular complexity index is 1080. The average molecular weight is 518 g/mol. The predicted octanol–water partition coefficient (Wildman–Crippen LogP) is 5.74. The van der Waals surface area contributed by atoms with E-state index in [4.69, 9.17) is 38.3 Å². The van der Waals surface area contributed by atoms with E-state index in [0.717, 1.165) is 46.3 Å². The van der Waals surface area contributed by atoms with Gasteiger partial charge in [-0.2, -0.15) is 0 Å². The number of hydrogen-bond acceptors (Lipinski definition) is 4. The van der Waals surface area contributed by atoms with Crippen molar-refractivity contribution in [3.8, 4) is 5.69 Å². The Labute approximate surface area is 211 Å². The molecule has 1 N–H and O–H groups in total. The highest BCUT2D eigenvalue weighted by molar-refractivity contribution is 6.36. The van der Waals surface area contributed by atoms with Gasteiger partial charge in [0.1, 0.15) is 5.82 Å². The van der Waals surface area contributed by atoms with E-state index in [1.165, 1.54) is 0 Å². The minimum atomic E-state index is 0. The highest BCUT2D eigenvalue weighted by atomic mass is 35.5. The average Bonchev–Trinajstić information content (AvgIpc) is 2.88. The third-order valence-electron chi connectivity index (χ3n) is 4.66. The Kier molecular flexibility index (Phi) is 11.2. The van der Waals surface area contributed by atoms with Crippen molar-refractivity contribution in [3.63, 3.8) is 0 Å². The molecule has 1 aliphatic rings. The second-order valence-electron chi connectivity index (χ2n) is 7.25. The monoisotopic (exact) mass is 516 g/mol. The Morgan fingerprint density at radius 2 is 1.72 bits per heavy atom. The van der Waals surface area contributed by atoms with Crippen LogP contribution in [0.5, 0.6) is 0 Å². The fraction of sp³-hybridized carbons (Fsp3) is 0.304. The summed E-state index contributed by atoms with van der Waals surface area (Å²) in [5, 5.41) is 8.92. The van der Waals surface area contributed by atoms with Gasteiger partial charge in [-0.1, -0.05) is 41.4 Å². The van der Waals surface area contributed by atoms with Crippen molar-refractivity contribution in [2.45, 2.75) is 26.9 Å². The zero-order valence-electron chi connectivity index (χ0n) is 18.5. The minimum Gasteiger partial charge on any atom is -0.397 e. The number of aryl methyl sites for hydroxylation is 1. The molecule has 0 unspecified atom stereocenters. The normalized spacial score (nSPS) is 11.7. The number of rotatable bonds is 3. The lowest BCUT2D eigenvalue weighted by Gasteiger charge is -2.14. The summed E-state index contributed by atoms with van der Waals surface area (Å²) in [7, 11) is 4.09. The highest BCUT2D eigenvalue weighted by Crippen LogP contribution is 2.32. The second-order valence-corrected chi connectivity index (χ2v) is 8.09. The number of aliphatic imine (C=N–C) groups is 1. The number of nitrogens with zero attached hydrogens (tertiary/aromatic N) is 4. The van der Waals surface area contributed by atoms with E-state index in [1.807, 2.05) is 63.5 Å². The van der Waals surface area contributed by atoms with Gasteiger partial charge in [-0.15, -0.1) is 24.8 Å². The second kappa shape index (κ2) is 12.6. The van der Waals surface area contributed by atoms with Gasteiger partial charge >= 0.3 is 0 Å². The van der Waals surface area contributed by atoms with E-state index < -0.39 is 0 Å². The predicted molar refractivity (Wildman–Crippen MR) is 139 cm³/mol.